The zero-order valence-corrected chi connectivity index (χ0v) is 17.7. The molecule has 2 heterocycles. The zero-order chi connectivity index (χ0) is 21.8. The minimum Gasteiger partial charge on any atom is -0.383 e. The fraction of sp³-hybridized carbons (Fsp3) is 0.107. The van der Waals surface area contributed by atoms with E-state index in [1.807, 2.05) is 36.7 Å². The van der Waals surface area contributed by atoms with Crippen LogP contribution in [-0.2, 0) is 6.54 Å². The van der Waals surface area contributed by atoms with Gasteiger partial charge in [-0.3, -0.25) is 4.79 Å². The summed E-state index contributed by atoms with van der Waals surface area (Å²) in [5.41, 5.74) is 5.70. The van der Waals surface area contributed by atoms with Gasteiger partial charge < -0.3 is 14.9 Å². The van der Waals surface area contributed by atoms with Crippen LogP contribution in [0.1, 0.15) is 22.6 Å². The van der Waals surface area contributed by atoms with E-state index in [2.05, 4.69) is 77.0 Å². The van der Waals surface area contributed by atoms with E-state index in [1.165, 1.54) is 11.1 Å². The number of H-pyrrole nitrogens is 1. The number of aromatic nitrogens is 2. The van der Waals surface area contributed by atoms with Crippen LogP contribution in [0.2, 0.25) is 0 Å². The summed E-state index contributed by atoms with van der Waals surface area (Å²) in [5.74, 6) is 0.0748. The highest BCUT2D eigenvalue weighted by Crippen LogP contribution is 2.31. The molecule has 0 atom stereocenters. The molecular weight excluding hydrogens is 394 g/mol. The second-order valence-corrected chi connectivity index (χ2v) is 7.92. The van der Waals surface area contributed by atoms with Crippen LogP contribution in [0.5, 0.6) is 0 Å². The Morgan fingerprint density at radius 3 is 2.19 bits per heavy atom. The van der Waals surface area contributed by atoms with Gasteiger partial charge in [-0.1, -0.05) is 72.8 Å². The van der Waals surface area contributed by atoms with Crippen LogP contribution in [0.4, 0.5) is 5.69 Å². The molecule has 0 saturated carbocycles. The SMILES string of the molecule is O=c1ccc(C(c2ccccc2)c2ccccc2)cn1CCNc1cccc2[nH]ccc12. The quantitative estimate of drug-likeness (QED) is 0.360. The minimum atomic E-state index is 0.00952. The van der Waals surface area contributed by atoms with Crippen molar-refractivity contribution in [3.8, 4) is 0 Å². The van der Waals surface area contributed by atoms with E-state index in [4.69, 9.17) is 0 Å². The summed E-state index contributed by atoms with van der Waals surface area (Å²) in [6.45, 7) is 1.25. The molecule has 4 nitrogen and oxygen atoms in total. The number of aromatic amines is 1. The minimum absolute atomic E-state index is 0.00952. The fourth-order valence-electron chi connectivity index (χ4n) is 4.31. The number of pyridine rings is 1. The highest BCUT2D eigenvalue weighted by molar-refractivity contribution is 5.91. The first kappa shape index (κ1) is 19.9. The average Bonchev–Trinajstić information content (AvgIpc) is 3.32. The van der Waals surface area contributed by atoms with Crippen LogP contribution in [0.3, 0.4) is 0 Å². The van der Waals surface area contributed by atoms with Gasteiger partial charge in [0.2, 0.25) is 0 Å². The molecule has 4 heteroatoms. The molecule has 5 aromatic rings. The Bertz CT molecular complexity index is 1330. The third-order valence-corrected chi connectivity index (χ3v) is 5.87. The van der Waals surface area contributed by atoms with E-state index in [0.717, 1.165) is 22.2 Å². The third kappa shape index (κ3) is 4.08. The predicted molar refractivity (Wildman–Crippen MR) is 131 cm³/mol. The van der Waals surface area contributed by atoms with Crippen LogP contribution in [0.15, 0.2) is 114 Å². The summed E-state index contributed by atoms with van der Waals surface area (Å²) in [4.78, 5) is 15.8. The topological polar surface area (TPSA) is 49.8 Å². The van der Waals surface area contributed by atoms with Gasteiger partial charge in [-0.2, -0.15) is 0 Å². The van der Waals surface area contributed by atoms with Gasteiger partial charge in [-0.25, -0.2) is 0 Å². The molecule has 158 valence electrons. The second-order valence-electron chi connectivity index (χ2n) is 7.92. The third-order valence-electron chi connectivity index (χ3n) is 5.87. The highest BCUT2D eigenvalue weighted by atomic mass is 16.1. The van der Waals surface area contributed by atoms with Crippen LogP contribution in [-0.4, -0.2) is 16.1 Å². The largest absolute Gasteiger partial charge is 0.383 e. The predicted octanol–water partition coefficient (Wildman–Crippen LogP) is 5.62. The van der Waals surface area contributed by atoms with Crippen molar-refractivity contribution in [1.82, 2.24) is 9.55 Å². The molecule has 0 saturated heterocycles. The van der Waals surface area contributed by atoms with Gasteiger partial charge in [0.25, 0.3) is 5.56 Å². The molecule has 5 rings (SSSR count). The molecule has 0 radical (unpaired) electrons. The Morgan fingerprint density at radius 1 is 0.750 bits per heavy atom. The molecule has 0 spiro atoms. The molecule has 0 aliphatic carbocycles. The Balaban J connectivity index is 1.42. The fourth-order valence-corrected chi connectivity index (χ4v) is 4.31. The van der Waals surface area contributed by atoms with Crippen LogP contribution in [0, 0.1) is 0 Å². The van der Waals surface area contributed by atoms with Gasteiger partial charge >= 0.3 is 0 Å². The van der Waals surface area contributed by atoms with E-state index >= 15 is 0 Å². The lowest BCUT2D eigenvalue weighted by molar-refractivity contribution is 0.688. The number of hydrogen-bond donors (Lipinski definition) is 2. The van der Waals surface area contributed by atoms with Crippen LogP contribution < -0.4 is 10.9 Å². The lowest BCUT2D eigenvalue weighted by Crippen LogP contribution is -2.23. The number of anilines is 1. The zero-order valence-electron chi connectivity index (χ0n) is 17.7. The van der Waals surface area contributed by atoms with E-state index in [9.17, 15) is 4.79 Å². The van der Waals surface area contributed by atoms with E-state index in [1.54, 1.807) is 10.6 Å². The number of hydrogen-bond acceptors (Lipinski definition) is 2. The van der Waals surface area contributed by atoms with Crippen molar-refractivity contribution in [3.63, 3.8) is 0 Å². The van der Waals surface area contributed by atoms with Crippen molar-refractivity contribution < 1.29 is 0 Å². The second kappa shape index (κ2) is 8.98. The summed E-state index contributed by atoms with van der Waals surface area (Å²) in [5, 5.41) is 4.64. The van der Waals surface area contributed by atoms with Crippen molar-refractivity contribution >= 4 is 16.6 Å². The summed E-state index contributed by atoms with van der Waals surface area (Å²) in [6.07, 6.45) is 3.95. The smallest absolute Gasteiger partial charge is 0.250 e. The van der Waals surface area contributed by atoms with Crippen LogP contribution in [0.25, 0.3) is 10.9 Å². The average molecular weight is 420 g/mol. The highest BCUT2D eigenvalue weighted by Gasteiger charge is 2.17. The summed E-state index contributed by atoms with van der Waals surface area (Å²) in [7, 11) is 0. The van der Waals surface area contributed by atoms with Crippen molar-refractivity contribution in [2.75, 3.05) is 11.9 Å². The van der Waals surface area contributed by atoms with Gasteiger partial charge in [0.05, 0.1) is 0 Å². The first-order chi connectivity index (χ1) is 15.8. The Morgan fingerprint density at radius 2 is 1.47 bits per heavy atom. The molecule has 0 aliphatic rings. The van der Waals surface area contributed by atoms with Gasteiger partial charge in [0.15, 0.2) is 0 Å². The molecule has 2 aromatic heterocycles. The van der Waals surface area contributed by atoms with E-state index < -0.39 is 0 Å². The molecule has 0 bridgehead atoms. The maximum atomic E-state index is 12.6. The van der Waals surface area contributed by atoms with Crippen molar-refractivity contribution in [2.24, 2.45) is 0 Å². The molecule has 2 N–H and O–H groups in total. The lowest BCUT2D eigenvalue weighted by Gasteiger charge is -2.20. The van der Waals surface area contributed by atoms with Crippen molar-refractivity contribution in [1.29, 1.82) is 0 Å². The summed E-state index contributed by atoms with van der Waals surface area (Å²) >= 11 is 0. The van der Waals surface area contributed by atoms with Gasteiger partial charge in [0, 0.05) is 54.1 Å². The number of fused-ring (bicyclic) bond motifs is 1. The first-order valence-corrected chi connectivity index (χ1v) is 10.9. The van der Waals surface area contributed by atoms with E-state index in [0.29, 0.717) is 13.1 Å². The standard InChI is InChI=1S/C28H25N3O/c32-27-15-14-23(28(21-8-3-1-4-9-21)22-10-5-2-6-11-22)20-31(27)19-18-30-26-13-7-12-25-24(26)16-17-29-25/h1-17,20,28-30H,18-19H2. The normalized spacial score (nSPS) is 11.2. The molecule has 3 aromatic carbocycles. The molecule has 0 amide bonds. The number of nitrogens with zero attached hydrogens (tertiary/aromatic N) is 1. The molecule has 0 unspecified atom stereocenters. The monoisotopic (exact) mass is 419 g/mol. The lowest BCUT2D eigenvalue weighted by atomic mass is 9.86. The maximum absolute atomic E-state index is 12.6. The number of benzene rings is 3. The van der Waals surface area contributed by atoms with Gasteiger partial charge in [0.1, 0.15) is 0 Å². The molecular formula is C28H25N3O. The van der Waals surface area contributed by atoms with Crippen LogP contribution >= 0.6 is 0 Å². The van der Waals surface area contributed by atoms with E-state index in [-0.39, 0.29) is 11.5 Å². The Labute approximate surface area is 187 Å². The number of rotatable bonds is 7. The summed E-state index contributed by atoms with van der Waals surface area (Å²) < 4.78 is 1.80. The van der Waals surface area contributed by atoms with Crippen molar-refractivity contribution in [3.05, 3.63) is 136 Å². The number of nitrogens with one attached hydrogen (secondary N) is 2. The molecule has 0 aliphatic heterocycles. The Kier molecular flexibility index (Phi) is 5.58. The molecule has 0 fully saturated rings. The molecule has 32 heavy (non-hydrogen) atoms. The van der Waals surface area contributed by atoms with Gasteiger partial charge in [-0.15, -0.1) is 0 Å². The summed E-state index contributed by atoms with van der Waals surface area (Å²) in [6, 6.07) is 32.7. The maximum Gasteiger partial charge on any atom is 0.250 e. The first-order valence-electron chi connectivity index (χ1n) is 10.9. The Hall–Kier alpha value is -4.05. The van der Waals surface area contributed by atoms with Crippen molar-refractivity contribution in [2.45, 2.75) is 12.5 Å². The van der Waals surface area contributed by atoms with Gasteiger partial charge in [-0.05, 0) is 34.9 Å².